The predicted molar refractivity (Wildman–Crippen MR) is 140 cm³/mol. The lowest BCUT2D eigenvalue weighted by Gasteiger charge is -2.17. The number of ether oxygens (including phenoxy) is 1. The normalized spacial score (nSPS) is 11.6. The van der Waals surface area contributed by atoms with Gasteiger partial charge in [-0.3, -0.25) is 0 Å². The van der Waals surface area contributed by atoms with Crippen LogP contribution in [-0.4, -0.2) is 0 Å². The molecule has 0 bridgehead atoms. The fraction of sp³-hybridized carbons (Fsp3) is 0. The molecule has 154 valence electrons. The number of benzene rings is 7. The van der Waals surface area contributed by atoms with Crippen LogP contribution in [0.2, 0.25) is 0 Å². The summed E-state index contributed by atoms with van der Waals surface area (Å²) in [5.41, 5.74) is 2.45. The van der Waals surface area contributed by atoms with Crippen molar-refractivity contribution in [3.05, 3.63) is 121 Å². The maximum atomic E-state index is 6.02. The number of para-hydroxylation sites is 1. The fourth-order valence-electron chi connectivity index (χ4n) is 5.22. The van der Waals surface area contributed by atoms with Crippen LogP contribution in [0.4, 0.5) is 0 Å². The second-order valence-electron chi connectivity index (χ2n) is 8.54. The van der Waals surface area contributed by atoms with Crippen LogP contribution in [0.5, 0.6) is 11.5 Å². The maximum absolute atomic E-state index is 6.02. The summed E-state index contributed by atoms with van der Waals surface area (Å²) < 4.78 is 6.02. The van der Waals surface area contributed by atoms with Gasteiger partial charge in [-0.1, -0.05) is 97.1 Å². The highest BCUT2D eigenvalue weighted by atomic mass is 16.5. The molecule has 0 radical (unpaired) electrons. The third-order valence-electron chi connectivity index (χ3n) is 6.65. The number of rotatable bonds is 3. The molecule has 1 nitrogen and oxygen atoms in total. The minimum Gasteiger partial charge on any atom is -0.457 e. The predicted octanol–water partition coefficient (Wildman–Crippen LogP) is 9.20. The lowest BCUT2D eigenvalue weighted by molar-refractivity contribution is 0.483. The minimum atomic E-state index is 0.840. The molecular formula is C32H20O. The average Bonchev–Trinajstić information content (AvgIpc) is 2.88. The van der Waals surface area contributed by atoms with Gasteiger partial charge in [-0.25, -0.2) is 0 Å². The molecule has 0 aliphatic rings. The third-order valence-corrected chi connectivity index (χ3v) is 6.65. The molecule has 0 spiro atoms. The Balaban J connectivity index is 1.49. The van der Waals surface area contributed by atoms with Gasteiger partial charge >= 0.3 is 0 Å². The molecule has 1 heteroatoms. The van der Waals surface area contributed by atoms with E-state index < -0.39 is 0 Å². The van der Waals surface area contributed by atoms with Gasteiger partial charge in [0, 0.05) is 0 Å². The van der Waals surface area contributed by atoms with Crippen molar-refractivity contribution in [2.45, 2.75) is 0 Å². The topological polar surface area (TPSA) is 9.23 Å². The van der Waals surface area contributed by atoms with Crippen LogP contribution in [0, 0.1) is 0 Å². The highest BCUT2D eigenvalue weighted by molar-refractivity contribution is 6.35. The van der Waals surface area contributed by atoms with E-state index in [0.717, 1.165) is 11.5 Å². The van der Waals surface area contributed by atoms with Crippen molar-refractivity contribution in [3.8, 4) is 22.6 Å². The van der Waals surface area contributed by atoms with Crippen LogP contribution in [0.3, 0.4) is 0 Å². The van der Waals surface area contributed by atoms with Gasteiger partial charge in [0.05, 0.1) is 0 Å². The zero-order chi connectivity index (χ0) is 21.8. The Morgan fingerprint density at radius 3 is 1.70 bits per heavy atom. The molecule has 0 saturated heterocycles. The Morgan fingerprint density at radius 1 is 0.364 bits per heavy atom. The first-order valence-electron chi connectivity index (χ1n) is 11.3. The van der Waals surface area contributed by atoms with Crippen molar-refractivity contribution >= 4 is 43.1 Å². The van der Waals surface area contributed by atoms with Crippen LogP contribution in [-0.2, 0) is 0 Å². The summed E-state index contributed by atoms with van der Waals surface area (Å²) in [7, 11) is 0. The second-order valence-corrected chi connectivity index (χ2v) is 8.54. The summed E-state index contributed by atoms with van der Waals surface area (Å²) in [6.45, 7) is 0. The van der Waals surface area contributed by atoms with E-state index in [9.17, 15) is 0 Å². The molecule has 7 rings (SSSR count). The molecule has 0 fully saturated rings. The largest absolute Gasteiger partial charge is 0.457 e. The first-order valence-corrected chi connectivity index (χ1v) is 11.3. The summed E-state index contributed by atoms with van der Waals surface area (Å²) in [5.74, 6) is 1.69. The Labute approximate surface area is 191 Å². The Morgan fingerprint density at radius 2 is 0.970 bits per heavy atom. The van der Waals surface area contributed by atoms with E-state index in [1.165, 1.54) is 54.2 Å². The minimum absolute atomic E-state index is 0.840. The van der Waals surface area contributed by atoms with Crippen molar-refractivity contribution < 1.29 is 4.74 Å². The van der Waals surface area contributed by atoms with Crippen molar-refractivity contribution in [3.63, 3.8) is 0 Å². The SMILES string of the molecule is c1ccc(Oc2ccc(-c3ccc4cccc5c6cccc7cccc(c3c45)c76)cc2)cc1. The molecule has 7 aromatic rings. The van der Waals surface area contributed by atoms with Gasteiger partial charge in [0.2, 0.25) is 0 Å². The lowest BCUT2D eigenvalue weighted by atomic mass is 9.86. The molecule has 0 saturated carbocycles. The van der Waals surface area contributed by atoms with E-state index in [1.54, 1.807) is 0 Å². The first-order chi connectivity index (χ1) is 16.4. The van der Waals surface area contributed by atoms with Crippen LogP contribution < -0.4 is 4.74 Å². The first kappa shape index (κ1) is 18.2. The Kier molecular flexibility index (Phi) is 3.91. The summed E-state index contributed by atoms with van der Waals surface area (Å²) in [4.78, 5) is 0. The number of hydrogen-bond acceptors (Lipinski definition) is 1. The van der Waals surface area contributed by atoms with Crippen LogP contribution in [0.1, 0.15) is 0 Å². The fourth-order valence-corrected chi connectivity index (χ4v) is 5.22. The molecule has 0 N–H and O–H groups in total. The van der Waals surface area contributed by atoms with Crippen molar-refractivity contribution in [1.29, 1.82) is 0 Å². The maximum Gasteiger partial charge on any atom is 0.127 e. The highest BCUT2D eigenvalue weighted by Gasteiger charge is 2.16. The van der Waals surface area contributed by atoms with Crippen LogP contribution in [0.15, 0.2) is 121 Å². The quantitative estimate of drug-likeness (QED) is 0.204. The summed E-state index contributed by atoms with van der Waals surface area (Å²) in [6, 6.07) is 42.8. The van der Waals surface area contributed by atoms with E-state index in [0.29, 0.717) is 0 Å². The Bertz CT molecular complexity index is 1760. The summed E-state index contributed by atoms with van der Waals surface area (Å²) >= 11 is 0. The van der Waals surface area contributed by atoms with Gasteiger partial charge in [-0.15, -0.1) is 0 Å². The monoisotopic (exact) mass is 420 g/mol. The molecule has 0 amide bonds. The molecule has 0 heterocycles. The highest BCUT2D eigenvalue weighted by Crippen LogP contribution is 2.44. The van der Waals surface area contributed by atoms with Gasteiger partial charge in [-0.2, -0.15) is 0 Å². The van der Waals surface area contributed by atoms with Gasteiger partial charge < -0.3 is 4.74 Å². The zero-order valence-corrected chi connectivity index (χ0v) is 18.0. The zero-order valence-electron chi connectivity index (χ0n) is 18.0. The molecule has 7 aromatic carbocycles. The Hall–Kier alpha value is -4.36. The molecule has 0 unspecified atom stereocenters. The number of hydrogen-bond donors (Lipinski definition) is 0. The molecule has 0 aromatic heterocycles. The third kappa shape index (κ3) is 2.79. The van der Waals surface area contributed by atoms with Gasteiger partial charge in [0.25, 0.3) is 0 Å². The van der Waals surface area contributed by atoms with E-state index in [2.05, 4.69) is 91.0 Å². The lowest BCUT2D eigenvalue weighted by Crippen LogP contribution is -1.90. The van der Waals surface area contributed by atoms with Crippen LogP contribution in [0.25, 0.3) is 54.2 Å². The van der Waals surface area contributed by atoms with Gasteiger partial charge in [0.15, 0.2) is 0 Å². The van der Waals surface area contributed by atoms with Crippen molar-refractivity contribution in [2.75, 3.05) is 0 Å². The number of fused-ring (bicyclic) bond motifs is 2. The van der Waals surface area contributed by atoms with Crippen LogP contribution >= 0.6 is 0 Å². The summed E-state index contributed by atoms with van der Waals surface area (Å²) in [5, 5.41) is 10.5. The molecule has 0 aliphatic carbocycles. The molecular weight excluding hydrogens is 400 g/mol. The van der Waals surface area contributed by atoms with E-state index in [4.69, 9.17) is 4.74 Å². The van der Waals surface area contributed by atoms with E-state index >= 15 is 0 Å². The van der Waals surface area contributed by atoms with E-state index in [1.807, 2.05) is 30.3 Å². The molecule has 0 aliphatic heterocycles. The smallest absolute Gasteiger partial charge is 0.127 e. The molecule has 0 atom stereocenters. The average molecular weight is 421 g/mol. The molecule has 33 heavy (non-hydrogen) atoms. The van der Waals surface area contributed by atoms with E-state index in [-0.39, 0.29) is 0 Å². The van der Waals surface area contributed by atoms with Gasteiger partial charge in [0.1, 0.15) is 11.5 Å². The van der Waals surface area contributed by atoms with Crippen molar-refractivity contribution in [2.24, 2.45) is 0 Å². The second kappa shape index (κ2) is 7.08. The van der Waals surface area contributed by atoms with Crippen molar-refractivity contribution in [1.82, 2.24) is 0 Å². The summed E-state index contributed by atoms with van der Waals surface area (Å²) in [6.07, 6.45) is 0. The standard InChI is InChI=1S/C32H20O/c1-2-10-24(11-3-1)33-25-18-15-21(16-19-25)26-20-17-23-9-5-13-28-27-12-4-7-22-8-6-14-29(30(22)27)32(26)31(23)28/h1-20H. The van der Waals surface area contributed by atoms with Gasteiger partial charge in [-0.05, 0) is 78.5 Å².